The van der Waals surface area contributed by atoms with Crippen molar-refractivity contribution in [3.8, 4) is 0 Å². The third-order valence-electron chi connectivity index (χ3n) is 4.58. The summed E-state index contributed by atoms with van der Waals surface area (Å²) in [6.07, 6.45) is 1.23. The van der Waals surface area contributed by atoms with Crippen molar-refractivity contribution in [3.05, 3.63) is 64.2 Å². The fraction of sp³-hybridized carbons (Fsp3) is 0.278. The Labute approximate surface area is 146 Å². The van der Waals surface area contributed by atoms with Gasteiger partial charge in [-0.1, -0.05) is 29.8 Å². The van der Waals surface area contributed by atoms with Gasteiger partial charge in [0.05, 0.1) is 10.3 Å². The van der Waals surface area contributed by atoms with Gasteiger partial charge in [-0.05, 0) is 67.6 Å². The minimum Gasteiger partial charge on any atom is -0.273 e. The highest BCUT2D eigenvalue weighted by Gasteiger charge is 2.52. The molecule has 1 amide bonds. The van der Waals surface area contributed by atoms with Gasteiger partial charge in [-0.2, -0.15) is 0 Å². The van der Waals surface area contributed by atoms with Crippen LogP contribution in [0.1, 0.15) is 29.5 Å². The van der Waals surface area contributed by atoms with E-state index in [2.05, 4.69) is 4.72 Å². The predicted octanol–water partition coefficient (Wildman–Crippen LogP) is 3.49. The maximum atomic E-state index is 12.6. The number of sulfonamides is 1. The van der Waals surface area contributed by atoms with Crippen LogP contribution in [0.5, 0.6) is 0 Å². The van der Waals surface area contributed by atoms with Gasteiger partial charge in [-0.3, -0.25) is 4.79 Å². The second kappa shape index (κ2) is 5.90. The molecule has 0 bridgehead atoms. The molecule has 0 aromatic heterocycles. The largest absolute Gasteiger partial charge is 0.273 e. The number of aryl methyl sites for hydroxylation is 2. The lowest BCUT2D eigenvalue weighted by Gasteiger charge is -2.16. The van der Waals surface area contributed by atoms with E-state index in [1.165, 1.54) is 6.07 Å². The average Bonchev–Trinajstić information content (AvgIpc) is 3.31. The number of hydrogen-bond acceptors (Lipinski definition) is 3. The summed E-state index contributed by atoms with van der Waals surface area (Å²) in [5.41, 5.74) is 1.82. The first kappa shape index (κ1) is 17.0. The molecule has 0 unspecified atom stereocenters. The Bertz CT molecular complexity index is 918. The zero-order valence-corrected chi connectivity index (χ0v) is 15.0. The van der Waals surface area contributed by atoms with E-state index in [0.717, 1.165) is 16.7 Å². The molecular formula is C18H18ClNO3S. The molecule has 4 nitrogen and oxygen atoms in total. The molecule has 0 aliphatic heterocycles. The lowest BCUT2D eigenvalue weighted by molar-refractivity contribution is -0.121. The molecule has 3 rings (SSSR count). The molecule has 0 atom stereocenters. The lowest BCUT2D eigenvalue weighted by atomic mass is 9.95. The Hall–Kier alpha value is -1.85. The molecule has 0 spiro atoms. The van der Waals surface area contributed by atoms with Crippen molar-refractivity contribution >= 4 is 27.5 Å². The van der Waals surface area contributed by atoms with Crippen LogP contribution in [0.3, 0.4) is 0 Å². The van der Waals surface area contributed by atoms with Crippen LogP contribution in [0.25, 0.3) is 0 Å². The molecule has 1 aliphatic rings. The van der Waals surface area contributed by atoms with Crippen LogP contribution < -0.4 is 4.72 Å². The Morgan fingerprint density at radius 3 is 2.38 bits per heavy atom. The molecule has 2 aromatic carbocycles. The molecule has 1 saturated carbocycles. The number of carbonyl (C=O) groups excluding carboxylic acids is 1. The molecule has 6 heteroatoms. The second-order valence-electron chi connectivity index (χ2n) is 6.27. The lowest BCUT2D eigenvalue weighted by Crippen LogP contribution is -2.38. The van der Waals surface area contributed by atoms with Gasteiger partial charge < -0.3 is 0 Å². The summed E-state index contributed by atoms with van der Waals surface area (Å²) < 4.78 is 27.3. The van der Waals surface area contributed by atoms with Gasteiger partial charge in [-0.15, -0.1) is 0 Å². The Morgan fingerprint density at radius 2 is 1.79 bits per heavy atom. The summed E-state index contributed by atoms with van der Waals surface area (Å²) >= 11 is 5.99. The van der Waals surface area contributed by atoms with Crippen molar-refractivity contribution in [2.45, 2.75) is 37.0 Å². The van der Waals surface area contributed by atoms with Gasteiger partial charge in [0.1, 0.15) is 0 Å². The van der Waals surface area contributed by atoms with E-state index in [-0.39, 0.29) is 4.90 Å². The van der Waals surface area contributed by atoms with Crippen LogP contribution in [-0.4, -0.2) is 14.3 Å². The van der Waals surface area contributed by atoms with Gasteiger partial charge in [0.2, 0.25) is 5.91 Å². The maximum Gasteiger partial charge on any atom is 0.264 e. The Morgan fingerprint density at radius 1 is 1.08 bits per heavy atom. The number of amides is 1. The summed E-state index contributed by atoms with van der Waals surface area (Å²) in [4.78, 5) is 12.7. The highest BCUT2D eigenvalue weighted by atomic mass is 35.5. The van der Waals surface area contributed by atoms with Gasteiger partial charge >= 0.3 is 0 Å². The zero-order valence-electron chi connectivity index (χ0n) is 13.5. The van der Waals surface area contributed by atoms with Crippen molar-refractivity contribution < 1.29 is 13.2 Å². The minimum atomic E-state index is -3.89. The normalized spacial score (nSPS) is 15.8. The Balaban J connectivity index is 1.87. The van der Waals surface area contributed by atoms with Gasteiger partial charge in [0, 0.05) is 5.02 Å². The summed E-state index contributed by atoms with van der Waals surface area (Å²) in [6, 6.07) is 11.8. The van der Waals surface area contributed by atoms with Crippen molar-refractivity contribution in [1.29, 1.82) is 0 Å². The molecule has 1 fully saturated rings. The van der Waals surface area contributed by atoms with Crippen LogP contribution in [0, 0.1) is 13.8 Å². The first-order valence-electron chi connectivity index (χ1n) is 7.65. The third-order valence-corrected chi connectivity index (χ3v) is 6.14. The van der Waals surface area contributed by atoms with Gasteiger partial charge in [0.25, 0.3) is 10.0 Å². The van der Waals surface area contributed by atoms with E-state index >= 15 is 0 Å². The van der Waals surface area contributed by atoms with Crippen LogP contribution >= 0.6 is 11.6 Å². The van der Waals surface area contributed by atoms with E-state index < -0.39 is 21.3 Å². The van der Waals surface area contributed by atoms with Crippen molar-refractivity contribution in [2.24, 2.45) is 0 Å². The predicted molar refractivity (Wildman–Crippen MR) is 93.6 cm³/mol. The summed E-state index contributed by atoms with van der Waals surface area (Å²) in [7, 11) is -3.89. The molecular weight excluding hydrogens is 346 g/mol. The van der Waals surface area contributed by atoms with E-state index in [9.17, 15) is 13.2 Å². The molecule has 0 radical (unpaired) electrons. The zero-order chi connectivity index (χ0) is 17.5. The van der Waals surface area contributed by atoms with Gasteiger partial charge in [0.15, 0.2) is 0 Å². The number of rotatable bonds is 4. The van der Waals surface area contributed by atoms with Gasteiger partial charge in [-0.25, -0.2) is 13.1 Å². The molecule has 24 heavy (non-hydrogen) atoms. The number of hydrogen-bond donors (Lipinski definition) is 1. The summed E-state index contributed by atoms with van der Waals surface area (Å²) in [6.45, 7) is 3.74. The highest BCUT2D eigenvalue weighted by molar-refractivity contribution is 7.90. The number of benzene rings is 2. The Kier molecular flexibility index (Phi) is 4.18. The highest BCUT2D eigenvalue weighted by Crippen LogP contribution is 2.49. The fourth-order valence-corrected chi connectivity index (χ4v) is 4.04. The van der Waals surface area contributed by atoms with Crippen LogP contribution in [0.4, 0.5) is 0 Å². The standard InChI is InChI=1S/C18H18ClNO3S/c1-12-6-7-16(10-13(12)2)24(22,23)20-17(21)18(8-9-18)14-4-3-5-15(19)11-14/h3-7,10-11H,8-9H2,1-2H3,(H,20,21). The first-order chi connectivity index (χ1) is 11.2. The topological polar surface area (TPSA) is 63.2 Å². The monoisotopic (exact) mass is 363 g/mol. The molecule has 0 saturated heterocycles. The fourth-order valence-electron chi connectivity index (χ4n) is 2.72. The van der Waals surface area contributed by atoms with E-state index in [0.29, 0.717) is 17.9 Å². The van der Waals surface area contributed by atoms with E-state index in [4.69, 9.17) is 11.6 Å². The summed E-state index contributed by atoms with van der Waals surface area (Å²) in [5.74, 6) is -0.497. The second-order valence-corrected chi connectivity index (χ2v) is 8.39. The number of carbonyl (C=O) groups is 1. The maximum absolute atomic E-state index is 12.6. The quantitative estimate of drug-likeness (QED) is 0.904. The molecule has 2 aromatic rings. The molecule has 0 heterocycles. The first-order valence-corrected chi connectivity index (χ1v) is 9.51. The number of nitrogens with one attached hydrogen (secondary N) is 1. The van der Waals surface area contributed by atoms with Crippen LogP contribution in [0.15, 0.2) is 47.4 Å². The number of halogens is 1. The molecule has 1 N–H and O–H groups in total. The molecule has 126 valence electrons. The van der Waals surface area contributed by atoms with Crippen LogP contribution in [0.2, 0.25) is 5.02 Å². The van der Waals surface area contributed by atoms with E-state index in [1.807, 2.05) is 13.8 Å². The average molecular weight is 364 g/mol. The van der Waals surface area contributed by atoms with Crippen molar-refractivity contribution in [3.63, 3.8) is 0 Å². The smallest absolute Gasteiger partial charge is 0.264 e. The van der Waals surface area contributed by atoms with E-state index in [1.54, 1.807) is 36.4 Å². The van der Waals surface area contributed by atoms with Crippen LogP contribution in [-0.2, 0) is 20.2 Å². The van der Waals surface area contributed by atoms with Crippen molar-refractivity contribution in [2.75, 3.05) is 0 Å². The molecule has 1 aliphatic carbocycles. The SMILES string of the molecule is Cc1ccc(S(=O)(=O)NC(=O)C2(c3cccc(Cl)c3)CC2)cc1C. The third kappa shape index (κ3) is 3.06. The van der Waals surface area contributed by atoms with Crippen molar-refractivity contribution in [1.82, 2.24) is 4.72 Å². The minimum absolute atomic E-state index is 0.0980. The summed E-state index contributed by atoms with van der Waals surface area (Å²) in [5, 5.41) is 0.531.